The molecule has 4 atom stereocenters. The van der Waals surface area contributed by atoms with Crippen LogP contribution in [0.25, 0.3) is 10.9 Å². The van der Waals surface area contributed by atoms with Crippen molar-refractivity contribution in [2.75, 3.05) is 18.2 Å². The maximum Gasteiger partial charge on any atom is 0.244 e. The first-order valence-corrected chi connectivity index (χ1v) is 17.0. The third kappa shape index (κ3) is 10.6. The Bertz CT molecular complexity index is 1610. The summed E-state index contributed by atoms with van der Waals surface area (Å²) >= 11 is 1.21. The summed E-state index contributed by atoms with van der Waals surface area (Å²) in [5, 5.41) is 17.2. The zero-order valence-corrected chi connectivity index (χ0v) is 28.1. The first-order chi connectivity index (χ1) is 23.0. The van der Waals surface area contributed by atoms with E-state index < -0.39 is 60.2 Å². The number of carbonyl (C=O) groups excluding carboxylic acids is 6. The van der Waals surface area contributed by atoms with Gasteiger partial charge in [-0.3, -0.25) is 28.8 Å². The van der Waals surface area contributed by atoms with Crippen molar-refractivity contribution in [1.29, 1.82) is 0 Å². The number of nitrogens with one attached hydrogen (secondary N) is 7. The highest BCUT2D eigenvalue weighted by molar-refractivity contribution is 7.99. The molecule has 1 aliphatic rings. The Hall–Kier alpha value is -4.85. The van der Waals surface area contributed by atoms with Crippen LogP contribution in [0, 0.1) is 5.92 Å². The standard InChI is InChI=1S/C34H43N7O6S/c1-20(2)13-26-31(44)36-17-30(43)38-27(14-22-9-5-4-6-10-22)32(45)41-29(18-48-19-37-21(3)42)34(47)40-28(33(46)39-26)15-23-16-35-25-12-8-7-11-24(23)25/h4-12,16,20,26-29,35H,13-15,17-19H2,1-3H3,(H,36,44)(H,37,42)(H,38,43)(H,39,46)(H,40,47)(H,41,45)/t26-,27+,28+,29-/m1/s1. The number of H-pyrrole nitrogens is 1. The van der Waals surface area contributed by atoms with Crippen molar-refractivity contribution < 1.29 is 28.8 Å². The Labute approximate surface area is 283 Å². The van der Waals surface area contributed by atoms with Crippen LogP contribution < -0.4 is 31.9 Å². The molecule has 6 amide bonds. The Morgan fingerprint density at radius 1 is 0.792 bits per heavy atom. The zero-order valence-electron chi connectivity index (χ0n) is 27.3. The second kappa shape index (κ2) is 17.3. The molecule has 2 heterocycles. The molecule has 14 heteroatoms. The number of hydrogen-bond donors (Lipinski definition) is 7. The van der Waals surface area contributed by atoms with Gasteiger partial charge in [-0.05, 0) is 29.5 Å². The number of benzene rings is 2. The van der Waals surface area contributed by atoms with Crippen molar-refractivity contribution in [2.45, 2.75) is 64.2 Å². The molecule has 4 rings (SSSR count). The van der Waals surface area contributed by atoms with E-state index in [4.69, 9.17) is 0 Å². The quantitative estimate of drug-likeness (QED) is 0.123. The van der Waals surface area contributed by atoms with E-state index in [-0.39, 0.29) is 42.7 Å². The number of para-hydroxylation sites is 1. The fraction of sp³-hybridized carbons (Fsp3) is 0.412. The fourth-order valence-corrected chi connectivity index (χ4v) is 6.25. The lowest BCUT2D eigenvalue weighted by molar-refractivity contribution is -0.133. The van der Waals surface area contributed by atoms with E-state index in [0.717, 1.165) is 22.0 Å². The molecular formula is C34H43N7O6S. The average molecular weight is 678 g/mol. The van der Waals surface area contributed by atoms with E-state index in [1.54, 1.807) is 6.20 Å². The second-order valence-corrected chi connectivity index (χ2v) is 13.2. The molecule has 256 valence electrons. The minimum absolute atomic E-state index is 0.0145. The minimum Gasteiger partial charge on any atom is -0.361 e. The van der Waals surface area contributed by atoms with Gasteiger partial charge in [-0.25, -0.2) is 0 Å². The Morgan fingerprint density at radius 3 is 2.12 bits per heavy atom. The summed E-state index contributed by atoms with van der Waals surface area (Å²) in [4.78, 5) is 82.6. The van der Waals surface area contributed by atoms with Crippen LogP contribution in [0.4, 0.5) is 0 Å². The van der Waals surface area contributed by atoms with Gasteiger partial charge in [-0.1, -0.05) is 62.4 Å². The van der Waals surface area contributed by atoms with Gasteiger partial charge in [0.2, 0.25) is 35.4 Å². The smallest absolute Gasteiger partial charge is 0.244 e. The molecule has 48 heavy (non-hydrogen) atoms. The highest BCUT2D eigenvalue weighted by Crippen LogP contribution is 2.20. The highest BCUT2D eigenvalue weighted by Gasteiger charge is 2.33. The number of fused-ring (bicyclic) bond motifs is 1. The molecule has 0 bridgehead atoms. The number of hydrogen-bond acceptors (Lipinski definition) is 7. The lowest BCUT2D eigenvalue weighted by Gasteiger charge is -2.26. The highest BCUT2D eigenvalue weighted by atomic mass is 32.2. The van der Waals surface area contributed by atoms with Crippen molar-refractivity contribution in [3.63, 3.8) is 0 Å². The monoisotopic (exact) mass is 677 g/mol. The Balaban J connectivity index is 1.69. The molecule has 1 saturated heterocycles. The lowest BCUT2D eigenvalue weighted by atomic mass is 10.0. The topological polar surface area (TPSA) is 190 Å². The molecule has 3 aromatic rings. The van der Waals surface area contributed by atoms with Crippen LogP contribution in [0.1, 0.15) is 38.3 Å². The summed E-state index contributed by atoms with van der Waals surface area (Å²) in [6, 6.07) is 12.3. The third-order valence-corrected chi connectivity index (χ3v) is 8.69. The van der Waals surface area contributed by atoms with E-state index in [1.807, 2.05) is 68.4 Å². The predicted molar refractivity (Wildman–Crippen MR) is 183 cm³/mol. The van der Waals surface area contributed by atoms with E-state index in [0.29, 0.717) is 0 Å². The molecule has 0 aliphatic carbocycles. The first kappa shape index (κ1) is 36.0. The van der Waals surface area contributed by atoms with Gasteiger partial charge in [0.15, 0.2) is 0 Å². The second-order valence-electron chi connectivity index (χ2n) is 12.2. The molecule has 7 N–H and O–H groups in total. The van der Waals surface area contributed by atoms with Gasteiger partial charge in [0.1, 0.15) is 24.2 Å². The normalized spacial score (nSPS) is 21.3. The van der Waals surface area contributed by atoms with Crippen LogP contribution in [0.15, 0.2) is 60.8 Å². The molecule has 0 saturated carbocycles. The van der Waals surface area contributed by atoms with Gasteiger partial charge in [-0.15, -0.1) is 11.8 Å². The molecular weight excluding hydrogens is 634 g/mol. The van der Waals surface area contributed by atoms with Crippen LogP contribution in [-0.4, -0.2) is 82.8 Å². The van der Waals surface area contributed by atoms with Gasteiger partial charge >= 0.3 is 0 Å². The number of thioether (sulfide) groups is 1. The molecule has 1 aliphatic heterocycles. The average Bonchev–Trinajstić information content (AvgIpc) is 3.46. The SMILES string of the molecule is CC(=O)NCSC[C@H]1NC(=O)[C@H](Cc2ccccc2)NC(=O)CNC(=O)[C@@H](CC(C)C)NC(=O)[C@H](Cc2c[nH]c3ccccc23)NC1=O. The Kier molecular flexibility index (Phi) is 13.0. The van der Waals surface area contributed by atoms with Crippen LogP contribution in [0.3, 0.4) is 0 Å². The van der Waals surface area contributed by atoms with Crippen molar-refractivity contribution in [1.82, 2.24) is 36.9 Å². The summed E-state index contributed by atoms with van der Waals surface area (Å²) in [5.74, 6) is -3.01. The largest absolute Gasteiger partial charge is 0.361 e. The summed E-state index contributed by atoms with van der Waals surface area (Å²) in [6.07, 6.45) is 2.27. The molecule has 1 aromatic heterocycles. The van der Waals surface area contributed by atoms with Crippen LogP contribution in [-0.2, 0) is 41.6 Å². The first-order valence-electron chi connectivity index (χ1n) is 15.9. The Morgan fingerprint density at radius 2 is 1.42 bits per heavy atom. The van der Waals surface area contributed by atoms with E-state index in [9.17, 15) is 28.8 Å². The van der Waals surface area contributed by atoms with Crippen LogP contribution in [0.2, 0.25) is 0 Å². The minimum atomic E-state index is -1.14. The summed E-state index contributed by atoms with van der Waals surface area (Å²) in [7, 11) is 0. The van der Waals surface area contributed by atoms with Crippen molar-refractivity contribution in [2.24, 2.45) is 5.92 Å². The molecule has 0 unspecified atom stereocenters. The van der Waals surface area contributed by atoms with Crippen LogP contribution >= 0.6 is 11.8 Å². The summed E-state index contributed by atoms with van der Waals surface area (Å²) < 4.78 is 0. The van der Waals surface area contributed by atoms with Crippen molar-refractivity contribution in [3.05, 3.63) is 71.9 Å². The molecule has 1 fully saturated rings. The van der Waals surface area contributed by atoms with Gasteiger partial charge in [0, 0.05) is 42.6 Å². The van der Waals surface area contributed by atoms with Gasteiger partial charge < -0.3 is 36.9 Å². The number of aromatic amines is 1. The van der Waals surface area contributed by atoms with Gasteiger partial charge in [0.25, 0.3) is 0 Å². The number of amides is 6. The number of aromatic nitrogens is 1. The zero-order chi connectivity index (χ0) is 34.6. The van der Waals surface area contributed by atoms with Crippen molar-refractivity contribution in [3.8, 4) is 0 Å². The third-order valence-electron chi connectivity index (χ3n) is 7.77. The predicted octanol–water partition coefficient (Wildman–Crippen LogP) is 0.895. The van der Waals surface area contributed by atoms with E-state index in [1.165, 1.54) is 18.7 Å². The van der Waals surface area contributed by atoms with Crippen molar-refractivity contribution >= 4 is 58.1 Å². The fourth-order valence-electron chi connectivity index (χ4n) is 5.36. The molecule has 13 nitrogen and oxygen atoms in total. The maximum absolute atomic E-state index is 13.9. The molecule has 2 aromatic carbocycles. The lowest BCUT2D eigenvalue weighted by Crippen LogP contribution is -2.59. The molecule has 0 spiro atoms. The molecule has 0 radical (unpaired) electrons. The van der Waals surface area contributed by atoms with E-state index >= 15 is 0 Å². The van der Waals surface area contributed by atoms with Gasteiger partial charge in [0.05, 0.1) is 12.4 Å². The number of carbonyl (C=O) groups is 6. The van der Waals surface area contributed by atoms with Crippen LogP contribution in [0.5, 0.6) is 0 Å². The summed E-state index contributed by atoms with van der Waals surface area (Å²) in [5.41, 5.74) is 2.40. The number of rotatable bonds is 10. The van der Waals surface area contributed by atoms with Gasteiger partial charge in [-0.2, -0.15) is 0 Å². The maximum atomic E-state index is 13.9. The summed E-state index contributed by atoms with van der Waals surface area (Å²) in [6.45, 7) is 4.76. The van der Waals surface area contributed by atoms with E-state index in [2.05, 4.69) is 36.9 Å².